The summed E-state index contributed by atoms with van der Waals surface area (Å²) in [6, 6.07) is 3.81. The molecule has 0 amide bonds. The van der Waals surface area contributed by atoms with Crippen LogP contribution in [0.25, 0.3) is 0 Å². The smallest absolute Gasteiger partial charge is 0.310 e. The van der Waals surface area contributed by atoms with Crippen LogP contribution in [0.1, 0.15) is 5.56 Å². The zero-order valence-electron chi connectivity index (χ0n) is 8.34. The lowest BCUT2D eigenvalue weighted by molar-refractivity contribution is -0.139. The number of esters is 1. The fourth-order valence-corrected chi connectivity index (χ4v) is 2.75. The molecule has 1 rings (SSSR count). The molecule has 0 fully saturated rings. The van der Waals surface area contributed by atoms with Crippen molar-refractivity contribution in [1.82, 2.24) is 0 Å². The summed E-state index contributed by atoms with van der Waals surface area (Å²) in [7, 11) is 2.95. The highest BCUT2D eigenvalue weighted by Gasteiger charge is 2.13. The SMILES string of the molecule is COC(=O)Cc1c(Br)cc(I)cc1OC. The number of carbonyl (C=O) groups excluding carboxylic acids is 1. The molecule has 0 aliphatic carbocycles. The van der Waals surface area contributed by atoms with Gasteiger partial charge in [0.1, 0.15) is 5.75 Å². The Kier molecular flexibility index (Phi) is 4.85. The normalized spacial score (nSPS) is 9.87. The Morgan fingerprint density at radius 2 is 2.13 bits per heavy atom. The van der Waals surface area contributed by atoms with Crippen LogP contribution in [0.4, 0.5) is 0 Å². The van der Waals surface area contributed by atoms with Crippen molar-refractivity contribution < 1.29 is 14.3 Å². The Morgan fingerprint density at radius 3 is 2.67 bits per heavy atom. The van der Waals surface area contributed by atoms with Crippen LogP contribution in [0.3, 0.4) is 0 Å². The fourth-order valence-electron chi connectivity index (χ4n) is 1.15. The highest BCUT2D eigenvalue weighted by atomic mass is 127. The van der Waals surface area contributed by atoms with Gasteiger partial charge in [-0.1, -0.05) is 15.9 Å². The van der Waals surface area contributed by atoms with E-state index in [0.717, 1.165) is 13.6 Å². The summed E-state index contributed by atoms with van der Waals surface area (Å²) in [4.78, 5) is 11.2. The van der Waals surface area contributed by atoms with Crippen LogP contribution in [0.5, 0.6) is 5.75 Å². The first kappa shape index (κ1) is 12.8. The van der Waals surface area contributed by atoms with Crippen molar-refractivity contribution in [2.75, 3.05) is 14.2 Å². The monoisotopic (exact) mass is 384 g/mol. The van der Waals surface area contributed by atoms with Crippen molar-refractivity contribution in [3.8, 4) is 5.75 Å². The summed E-state index contributed by atoms with van der Waals surface area (Å²) in [6.07, 6.45) is 0.206. The van der Waals surface area contributed by atoms with E-state index in [1.54, 1.807) is 7.11 Å². The van der Waals surface area contributed by atoms with Gasteiger partial charge in [-0.15, -0.1) is 0 Å². The second kappa shape index (κ2) is 5.69. The quantitative estimate of drug-likeness (QED) is 0.593. The Morgan fingerprint density at radius 1 is 1.47 bits per heavy atom. The molecule has 0 unspecified atom stereocenters. The minimum Gasteiger partial charge on any atom is -0.496 e. The highest BCUT2D eigenvalue weighted by Crippen LogP contribution is 2.30. The van der Waals surface area contributed by atoms with Gasteiger partial charge >= 0.3 is 5.97 Å². The average molecular weight is 385 g/mol. The van der Waals surface area contributed by atoms with E-state index < -0.39 is 0 Å². The maximum atomic E-state index is 11.2. The van der Waals surface area contributed by atoms with Gasteiger partial charge in [-0.05, 0) is 34.7 Å². The van der Waals surface area contributed by atoms with E-state index in [4.69, 9.17) is 4.74 Å². The standard InChI is InChI=1S/C10H10BrIO3/c1-14-9-4-6(12)3-8(11)7(9)5-10(13)15-2/h3-4H,5H2,1-2H3. The van der Waals surface area contributed by atoms with Gasteiger partial charge < -0.3 is 9.47 Å². The Hall–Kier alpha value is -0.300. The van der Waals surface area contributed by atoms with Crippen molar-refractivity contribution in [3.63, 3.8) is 0 Å². The van der Waals surface area contributed by atoms with Crippen molar-refractivity contribution in [2.45, 2.75) is 6.42 Å². The molecule has 0 aliphatic rings. The molecule has 0 atom stereocenters. The molecular formula is C10H10BrIO3. The molecular weight excluding hydrogens is 375 g/mol. The first-order chi connectivity index (χ1) is 7.08. The first-order valence-corrected chi connectivity index (χ1v) is 6.04. The van der Waals surface area contributed by atoms with Gasteiger partial charge in [0.15, 0.2) is 0 Å². The van der Waals surface area contributed by atoms with E-state index in [1.807, 2.05) is 12.1 Å². The van der Waals surface area contributed by atoms with Crippen LogP contribution in [-0.2, 0) is 16.0 Å². The topological polar surface area (TPSA) is 35.5 Å². The van der Waals surface area contributed by atoms with Crippen LogP contribution in [-0.4, -0.2) is 20.2 Å². The molecule has 1 aromatic rings. The molecule has 0 saturated carbocycles. The van der Waals surface area contributed by atoms with Gasteiger partial charge in [0.2, 0.25) is 0 Å². The van der Waals surface area contributed by atoms with Gasteiger partial charge in [0, 0.05) is 13.6 Å². The van der Waals surface area contributed by atoms with Crippen molar-refractivity contribution in [1.29, 1.82) is 0 Å². The summed E-state index contributed by atoms with van der Waals surface area (Å²) in [6.45, 7) is 0. The van der Waals surface area contributed by atoms with Crippen molar-refractivity contribution >= 4 is 44.5 Å². The van der Waals surface area contributed by atoms with Crippen molar-refractivity contribution in [2.24, 2.45) is 0 Å². The maximum Gasteiger partial charge on any atom is 0.310 e. The number of carbonyl (C=O) groups is 1. The van der Waals surface area contributed by atoms with Crippen LogP contribution in [0.2, 0.25) is 0 Å². The zero-order chi connectivity index (χ0) is 11.4. The van der Waals surface area contributed by atoms with Gasteiger partial charge in [-0.25, -0.2) is 0 Å². The van der Waals surface area contributed by atoms with Crippen LogP contribution in [0.15, 0.2) is 16.6 Å². The molecule has 5 heteroatoms. The van der Waals surface area contributed by atoms with Crippen LogP contribution in [0, 0.1) is 3.57 Å². The molecule has 0 spiro atoms. The molecule has 0 aliphatic heterocycles. The molecule has 82 valence electrons. The zero-order valence-corrected chi connectivity index (χ0v) is 12.1. The summed E-state index contributed by atoms with van der Waals surface area (Å²) in [5.41, 5.74) is 0.810. The van der Waals surface area contributed by atoms with Gasteiger partial charge in [0.05, 0.1) is 20.6 Å². The van der Waals surface area contributed by atoms with E-state index in [1.165, 1.54) is 7.11 Å². The van der Waals surface area contributed by atoms with E-state index in [0.29, 0.717) is 5.75 Å². The van der Waals surface area contributed by atoms with E-state index in [2.05, 4.69) is 43.3 Å². The number of hydrogen-bond donors (Lipinski definition) is 0. The number of rotatable bonds is 3. The van der Waals surface area contributed by atoms with E-state index >= 15 is 0 Å². The third-order valence-corrected chi connectivity index (χ3v) is 3.22. The Bertz CT molecular complexity index is 379. The molecule has 0 aromatic heterocycles. The molecule has 15 heavy (non-hydrogen) atoms. The first-order valence-electron chi connectivity index (χ1n) is 4.17. The molecule has 1 aromatic carbocycles. The molecule has 0 saturated heterocycles. The van der Waals surface area contributed by atoms with Gasteiger partial charge in [0.25, 0.3) is 0 Å². The second-order valence-corrected chi connectivity index (χ2v) is 4.92. The maximum absolute atomic E-state index is 11.2. The third kappa shape index (κ3) is 3.34. The number of hydrogen-bond acceptors (Lipinski definition) is 3. The van der Waals surface area contributed by atoms with Gasteiger partial charge in [-0.3, -0.25) is 4.79 Å². The molecule has 0 N–H and O–H groups in total. The Balaban J connectivity index is 3.09. The summed E-state index contributed by atoms with van der Waals surface area (Å²) >= 11 is 5.59. The van der Waals surface area contributed by atoms with Crippen LogP contribution < -0.4 is 4.74 Å². The lowest BCUT2D eigenvalue weighted by Gasteiger charge is -2.10. The van der Waals surface area contributed by atoms with Crippen molar-refractivity contribution in [3.05, 3.63) is 25.7 Å². The summed E-state index contributed by atoms with van der Waals surface area (Å²) < 4.78 is 11.7. The lowest BCUT2D eigenvalue weighted by Crippen LogP contribution is -2.06. The van der Waals surface area contributed by atoms with E-state index in [-0.39, 0.29) is 12.4 Å². The minimum absolute atomic E-state index is 0.206. The Labute approximate surface area is 110 Å². The predicted octanol–water partition coefficient (Wildman–Crippen LogP) is 2.78. The molecule has 3 nitrogen and oxygen atoms in total. The number of ether oxygens (including phenoxy) is 2. The fraction of sp³-hybridized carbons (Fsp3) is 0.300. The minimum atomic E-state index is -0.282. The summed E-state index contributed by atoms with van der Waals surface area (Å²) in [5.74, 6) is 0.411. The van der Waals surface area contributed by atoms with Gasteiger partial charge in [-0.2, -0.15) is 0 Å². The van der Waals surface area contributed by atoms with Crippen LogP contribution >= 0.6 is 38.5 Å². The second-order valence-electron chi connectivity index (χ2n) is 2.82. The molecule has 0 heterocycles. The lowest BCUT2D eigenvalue weighted by atomic mass is 10.1. The molecule has 0 radical (unpaired) electrons. The molecule has 0 bridgehead atoms. The number of halogens is 2. The average Bonchev–Trinajstić information content (AvgIpc) is 2.21. The third-order valence-electron chi connectivity index (χ3n) is 1.89. The number of methoxy groups -OCH3 is 2. The number of benzene rings is 1. The highest BCUT2D eigenvalue weighted by molar-refractivity contribution is 14.1. The predicted molar refractivity (Wildman–Crippen MR) is 69.1 cm³/mol. The largest absolute Gasteiger partial charge is 0.496 e. The van der Waals surface area contributed by atoms with E-state index in [9.17, 15) is 4.79 Å². The summed E-state index contributed by atoms with van der Waals surface area (Å²) in [5, 5.41) is 0.